The van der Waals surface area contributed by atoms with Gasteiger partial charge >= 0.3 is 0 Å². The van der Waals surface area contributed by atoms with Gasteiger partial charge in [-0.25, -0.2) is 21.1 Å². The predicted octanol–water partition coefficient (Wildman–Crippen LogP) is 0.602. The van der Waals surface area contributed by atoms with Gasteiger partial charge < -0.3 is 5.32 Å². The molecule has 1 fully saturated rings. The first-order chi connectivity index (χ1) is 11.6. The van der Waals surface area contributed by atoms with Crippen molar-refractivity contribution < 1.29 is 21.6 Å². The zero-order valence-electron chi connectivity index (χ0n) is 14.2. The zero-order chi connectivity index (χ0) is 18.7. The van der Waals surface area contributed by atoms with E-state index in [2.05, 4.69) is 10.0 Å². The summed E-state index contributed by atoms with van der Waals surface area (Å²) in [5.74, 6) is -0.180. The van der Waals surface area contributed by atoms with Crippen LogP contribution in [0.25, 0.3) is 0 Å². The molecule has 1 aliphatic rings. The molecule has 2 N–H and O–H groups in total. The molecule has 2 rings (SSSR count). The van der Waals surface area contributed by atoms with Crippen molar-refractivity contribution in [2.45, 2.75) is 25.8 Å². The molecule has 1 aromatic rings. The molecule has 1 heterocycles. The predicted molar refractivity (Wildman–Crippen MR) is 96.4 cm³/mol. The zero-order valence-corrected chi connectivity index (χ0v) is 15.9. The number of hydrogen-bond acceptors (Lipinski definition) is 5. The highest BCUT2D eigenvalue weighted by Gasteiger charge is 2.27. The Labute approximate surface area is 148 Å². The standard InChI is InChI=1S/C15H23N3O5S2/c1-3-25(22,23)18-10-8-13(9-11-18)16-15(19)12-4-6-14(7-5-12)17-24(2,20)21/h4-7,13,17H,3,8-11H2,1-2H3,(H,16,19). The summed E-state index contributed by atoms with van der Waals surface area (Å²) in [6.45, 7) is 2.42. The molecule has 0 aliphatic carbocycles. The van der Waals surface area contributed by atoms with Crippen molar-refractivity contribution in [1.82, 2.24) is 9.62 Å². The first-order valence-corrected chi connectivity index (χ1v) is 11.5. The van der Waals surface area contributed by atoms with Crippen LogP contribution in [0.3, 0.4) is 0 Å². The van der Waals surface area contributed by atoms with E-state index in [0.29, 0.717) is 37.2 Å². The van der Waals surface area contributed by atoms with Crippen LogP contribution in [-0.4, -0.2) is 58.2 Å². The van der Waals surface area contributed by atoms with Crippen molar-refractivity contribution in [3.05, 3.63) is 29.8 Å². The van der Waals surface area contributed by atoms with Crippen LogP contribution < -0.4 is 10.0 Å². The summed E-state index contributed by atoms with van der Waals surface area (Å²) in [5, 5.41) is 2.89. The van der Waals surface area contributed by atoms with Gasteiger partial charge in [0, 0.05) is 30.4 Å². The van der Waals surface area contributed by atoms with Crippen molar-refractivity contribution in [3.63, 3.8) is 0 Å². The lowest BCUT2D eigenvalue weighted by atomic mass is 10.1. The van der Waals surface area contributed by atoms with Crippen LogP contribution in [0.15, 0.2) is 24.3 Å². The van der Waals surface area contributed by atoms with E-state index in [0.717, 1.165) is 6.26 Å². The van der Waals surface area contributed by atoms with Crippen LogP contribution in [-0.2, 0) is 20.0 Å². The van der Waals surface area contributed by atoms with Gasteiger partial charge in [-0.15, -0.1) is 0 Å². The lowest BCUT2D eigenvalue weighted by Gasteiger charge is -2.31. The molecule has 0 saturated carbocycles. The van der Waals surface area contributed by atoms with E-state index in [9.17, 15) is 21.6 Å². The normalized spacial score (nSPS) is 17.2. The molecule has 0 atom stereocenters. The van der Waals surface area contributed by atoms with Gasteiger partial charge in [-0.1, -0.05) is 0 Å². The number of sulfonamides is 2. The van der Waals surface area contributed by atoms with Crippen LogP contribution in [0.5, 0.6) is 0 Å². The van der Waals surface area contributed by atoms with Crippen LogP contribution >= 0.6 is 0 Å². The fourth-order valence-corrected chi connectivity index (χ4v) is 4.33. The highest BCUT2D eigenvalue weighted by atomic mass is 32.2. The van der Waals surface area contributed by atoms with Gasteiger partial charge in [-0.3, -0.25) is 9.52 Å². The van der Waals surface area contributed by atoms with Gasteiger partial charge in [0.1, 0.15) is 0 Å². The number of hydrogen-bond donors (Lipinski definition) is 2. The Morgan fingerprint density at radius 3 is 2.16 bits per heavy atom. The fourth-order valence-electron chi connectivity index (χ4n) is 2.63. The van der Waals surface area contributed by atoms with Gasteiger partial charge in [0.2, 0.25) is 20.0 Å². The maximum atomic E-state index is 12.3. The van der Waals surface area contributed by atoms with Gasteiger partial charge in [-0.05, 0) is 44.0 Å². The summed E-state index contributed by atoms with van der Waals surface area (Å²) < 4.78 is 49.8. The Morgan fingerprint density at radius 1 is 1.12 bits per heavy atom. The van der Waals surface area contributed by atoms with E-state index in [1.54, 1.807) is 19.1 Å². The average Bonchev–Trinajstić information content (AvgIpc) is 2.54. The van der Waals surface area contributed by atoms with Gasteiger partial charge in [0.05, 0.1) is 12.0 Å². The molecule has 0 aromatic heterocycles. The third kappa shape index (κ3) is 5.68. The number of rotatable bonds is 6. The maximum absolute atomic E-state index is 12.3. The van der Waals surface area contributed by atoms with Crippen LogP contribution in [0.2, 0.25) is 0 Å². The molecule has 10 heteroatoms. The lowest BCUT2D eigenvalue weighted by Crippen LogP contribution is -2.46. The number of amides is 1. The summed E-state index contributed by atoms with van der Waals surface area (Å²) in [4.78, 5) is 12.3. The van der Waals surface area contributed by atoms with E-state index in [1.807, 2.05) is 0 Å². The number of nitrogens with zero attached hydrogens (tertiary/aromatic N) is 1. The second-order valence-corrected chi connectivity index (χ2v) is 10.0. The third-order valence-corrected chi connectivity index (χ3v) is 6.49. The molecule has 0 bridgehead atoms. The SMILES string of the molecule is CCS(=O)(=O)N1CCC(NC(=O)c2ccc(NS(C)(=O)=O)cc2)CC1. The van der Waals surface area contributed by atoms with E-state index in [-0.39, 0.29) is 17.7 Å². The molecule has 1 amide bonds. The minimum absolute atomic E-state index is 0.0790. The number of nitrogens with one attached hydrogen (secondary N) is 2. The largest absolute Gasteiger partial charge is 0.349 e. The van der Waals surface area contributed by atoms with E-state index in [4.69, 9.17) is 0 Å². The van der Waals surface area contributed by atoms with Crippen molar-refractivity contribution >= 4 is 31.6 Å². The monoisotopic (exact) mass is 389 g/mol. The Hall–Kier alpha value is -1.65. The molecule has 0 spiro atoms. The summed E-state index contributed by atoms with van der Waals surface area (Å²) in [6, 6.07) is 6.04. The smallest absolute Gasteiger partial charge is 0.251 e. The van der Waals surface area contributed by atoms with Gasteiger partial charge in [-0.2, -0.15) is 0 Å². The molecule has 0 unspecified atom stereocenters. The highest BCUT2D eigenvalue weighted by Crippen LogP contribution is 2.16. The molecular weight excluding hydrogens is 366 g/mol. The van der Waals surface area contributed by atoms with E-state index >= 15 is 0 Å². The summed E-state index contributed by atoms with van der Waals surface area (Å²) in [5.41, 5.74) is 0.805. The van der Waals surface area contributed by atoms with Crippen LogP contribution in [0.4, 0.5) is 5.69 Å². The maximum Gasteiger partial charge on any atom is 0.251 e. The summed E-state index contributed by atoms with van der Waals surface area (Å²) >= 11 is 0. The van der Waals surface area contributed by atoms with Gasteiger partial charge in [0.15, 0.2) is 0 Å². The van der Waals surface area contributed by atoms with Crippen LogP contribution in [0.1, 0.15) is 30.1 Å². The van der Waals surface area contributed by atoms with Crippen molar-refractivity contribution in [2.75, 3.05) is 29.8 Å². The van der Waals surface area contributed by atoms with Crippen molar-refractivity contribution in [2.24, 2.45) is 0 Å². The Bertz CT molecular complexity index is 811. The molecular formula is C15H23N3O5S2. The Kier molecular flexibility index (Phi) is 6.07. The second-order valence-electron chi connectivity index (χ2n) is 6.00. The lowest BCUT2D eigenvalue weighted by molar-refractivity contribution is 0.0924. The number of benzene rings is 1. The molecule has 140 valence electrons. The minimum Gasteiger partial charge on any atom is -0.349 e. The first-order valence-electron chi connectivity index (χ1n) is 7.97. The van der Waals surface area contributed by atoms with E-state index < -0.39 is 20.0 Å². The molecule has 8 nitrogen and oxygen atoms in total. The second kappa shape index (κ2) is 7.71. The third-order valence-electron chi connectivity index (χ3n) is 4.00. The molecule has 1 aromatic carbocycles. The van der Waals surface area contributed by atoms with Crippen molar-refractivity contribution in [3.8, 4) is 0 Å². The van der Waals surface area contributed by atoms with Gasteiger partial charge in [0.25, 0.3) is 5.91 Å². The van der Waals surface area contributed by atoms with Crippen LogP contribution in [0, 0.1) is 0 Å². The first kappa shape index (κ1) is 19.7. The highest BCUT2D eigenvalue weighted by molar-refractivity contribution is 7.92. The van der Waals surface area contributed by atoms with E-state index in [1.165, 1.54) is 16.4 Å². The average molecular weight is 389 g/mol. The molecule has 1 aliphatic heterocycles. The summed E-state index contributed by atoms with van der Waals surface area (Å²) in [6.07, 6.45) is 2.19. The Balaban J connectivity index is 1.91. The summed E-state index contributed by atoms with van der Waals surface area (Å²) in [7, 11) is -6.54. The fraction of sp³-hybridized carbons (Fsp3) is 0.533. The number of carbonyl (C=O) groups is 1. The number of carbonyl (C=O) groups excluding carboxylic acids is 1. The topological polar surface area (TPSA) is 113 Å². The molecule has 25 heavy (non-hydrogen) atoms. The Morgan fingerprint density at radius 2 is 1.68 bits per heavy atom. The molecule has 1 saturated heterocycles. The molecule has 0 radical (unpaired) electrons. The van der Waals surface area contributed by atoms with Crippen molar-refractivity contribution in [1.29, 1.82) is 0 Å². The number of piperidine rings is 1. The number of anilines is 1. The quantitative estimate of drug-likeness (QED) is 0.740. The minimum atomic E-state index is -3.36.